The number of hydrogen-bond acceptors (Lipinski definition) is 6. The molecule has 0 radical (unpaired) electrons. The lowest BCUT2D eigenvalue weighted by atomic mass is 9.46. The molecule has 5 nitrogen and oxygen atoms in total. The van der Waals surface area contributed by atoms with E-state index in [0.717, 1.165) is 24.2 Å². The number of aliphatic hydroxyl groups is 3. The molecule has 4 aliphatic rings. The van der Waals surface area contributed by atoms with Crippen molar-refractivity contribution in [3.05, 3.63) is 11.6 Å². The molecule has 3 saturated carbocycles. The molecule has 8 atom stereocenters. The van der Waals surface area contributed by atoms with Crippen LogP contribution in [0.4, 0.5) is 0 Å². The minimum absolute atomic E-state index is 0.00398. The quantitative estimate of drug-likeness (QED) is 0.644. The van der Waals surface area contributed by atoms with Crippen molar-refractivity contribution < 1.29 is 24.9 Å². The number of aliphatic hydroxyl groups excluding tert-OH is 2. The van der Waals surface area contributed by atoms with Crippen LogP contribution in [0.25, 0.3) is 0 Å². The molecule has 0 heterocycles. The maximum atomic E-state index is 13.1. The Balaban J connectivity index is 1.71. The first-order chi connectivity index (χ1) is 13.6. The Morgan fingerprint density at radius 3 is 2.59 bits per heavy atom. The summed E-state index contributed by atoms with van der Waals surface area (Å²) in [4.78, 5) is 26.0. The first-order valence-electron chi connectivity index (χ1n) is 11.0. The smallest absolute Gasteiger partial charge is 0.159 e. The van der Waals surface area contributed by atoms with Crippen LogP contribution in [0.3, 0.4) is 0 Å². The Bertz CT molecular complexity index is 750. The highest BCUT2D eigenvalue weighted by Gasteiger charge is 2.67. The summed E-state index contributed by atoms with van der Waals surface area (Å²) in [5, 5.41) is 32.5. The molecule has 7 unspecified atom stereocenters. The SMILES string of the molecule is CCSCC(=O)C1CC[C@@]2(O)C3=CC(=O)C4CC(O)C(O)CC4(C)C3CCC12C. The van der Waals surface area contributed by atoms with Crippen molar-refractivity contribution in [2.24, 2.45) is 28.6 Å². The molecule has 3 N–H and O–H groups in total. The molecule has 0 aromatic carbocycles. The number of carbonyl (C=O) groups is 2. The monoisotopic (exact) mass is 422 g/mol. The van der Waals surface area contributed by atoms with E-state index in [-0.39, 0.29) is 35.7 Å². The van der Waals surface area contributed by atoms with Gasteiger partial charge in [-0.2, -0.15) is 11.8 Å². The molecule has 0 aliphatic heterocycles. The maximum absolute atomic E-state index is 13.1. The van der Waals surface area contributed by atoms with E-state index in [0.29, 0.717) is 25.0 Å². The summed E-state index contributed by atoms with van der Waals surface area (Å²) in [5.74, 6) is 1.07. The minimum atomic E-state index is -1.14. The lowest BCUT2D eigenvalue weighted by Gasteiger charge is -2.59. The van der Waals surface area contributed by atoms with Crippen LogP contribution in [0, 0.1) is 28.6 Å². The Kier molecular flexibility index (Phi) is 5.33. The number of Topliss-reactive ketones (excluding diaryl/α,β-unsaturated/α-hetero) is 1. The van der Waals surface area contributed by atoms with Gasteiger partial charge in [-0.1, -0.05) is 20.8 Å². The van der Waals surface area contributed by atoms with Gasteiger partial charge in [0.15, 0.2) is 5.78 Å². The van der Waals surface area contributed by atoms with Gasteiger partial charge in [0.25, 0.3) is 0 Å². The molecule has 162 valence electrons. The molecule has 0 bridgehead atoms. The van der Waals surface area contributed by atoms with E-state index >= 15 is 0 Å². The number of carbonyl (C=O) groups excluding carboxylic acids is 2. The van der Waals surface area contributed by atoms with E-state index in [4.69, 9.17) is 0 Å². The van der Waals surface area contributed by atoms with Gasteiger partial charge >= 0.3 is 0 Å². The van der Waals surface area contributed by atoms with Crippen molar-refractivity contribution in [2.45, 2.75) is 77.1 Å². The lowest BCUT2D eigenvalue weighted by molar-refractivity contribution is -0.153. The minimum Gasteiger partial charge on any atom is -0.390 e. The van der Waals surface area contributed by atoms with Crippen molar-refractivity contribution in [1.29, 1.82) is 0 Å². The molecular weight excluding hydrogens is 388 g/mol. The van der Waals surface area contributed by atoms with E-state index in [1.807, 2.05) is 20.8 Å². The Morgan fingerprint density at radius 2 is 1.90 bits per heavy atom. The third-order valence-electron chi connectivity index (χ3n) is 8.95. The predicted octanol–water partition coefficient (Wildman–Crippen LogP) is 2.51. The third-order valence-corrected chi connectivity index (χ3v) is 9.85. The largest absolute Gasteiger partial charge is 0.390 e. The molecule has 4 rings (SSSR count). The average molecular weight is 423 g/mol. The van der Waals surface area contributed by atoms with E-state index in [1.54, 1.807) is 17.8 Å². The van der Waals surface area contributed by atoms with E-state index in [2.05, 4.69) is 0 Å². The average Bonchev–Trinajstić information content (AvgIpc) is 2.94. The highest BCUT2D eigenvalue weighted by Crippen LogP contribution is 2.67. The number of hydrogen-bond donors (Lipinski definition) is 3. The summed E-state index contributed by atoms with van der Waals surface area (Å²) < 4.78 is 0. The summed E-state index contributed by atoms with van der Waals surface area (Å²) >= 11 is 1.63. The molecule has 3 fully saturated rings. The number of rotatable bonds is 4. The Morgan fingerprint density at radius 1 is 1.17 bits per heavy atom. The summed E-state index contributed by atoms with van der Waals surface area (Å²) in [6, 6.07) is 0. The molecule has 0 amide bonds. The number of allylic oxidation sites excluding steroid dienone is 1. The van der Waals surface area contributed by atoms with Gasteiger partial charge in [-0.3, -0.25) is 9.59 Å². The van der Waals surface area contributed by atoms with Crippen LogP contribution in [-0.2, 0) is 9.59 Å². The molecule has 0 aromatic heterocycles. The van der Waals surface area contributed by atoms with Gasteiger partial charge in [0.1, 0.15) is 5.78 Å². The number of thioether (sulfide) groups is 1. The molecule has 29 heavy (non-hydrogen) atoms. The van der Waals surface area contributed by atoms with E-state index < -0.39 is 28.6 Å². The number of ketones is 2. The molecule has 0 spiro atoms. The second kappa shape index (κ2) is 7.18. The predicted molar refractivity (Wildman–Crippen MR) is 112 cm³/mol. The second-order valence-corrected chi connectivity index (χ2v) is 11.5. The fourth-order valence-corrected chi connectivity index (χ4v) is 7.80. The van der Waals surface area contributed by atoms with Crippen LogP contribution in [-0.4, -0.2) is 56.2 Å². The highest BCUT2D eigenvalue weighted by molar-refractivity contribution is 7.99. The topological polar surface area (TPSA) is 94.8 Å². The van der Waals surface area contributed by atoms with Crippen LogP contribution in [0.5, 0.6) is 0 Å². The zero-order chi connectivity index (χ0) is 21.2. The molecule has 0 saturated heterocycles. The van der Waals surface area contributed by atoms with Crippen LogP contribution in [0.15, 0.2) is 11.6 Å². The molecule has 4 aliphatic carbocycles. The lowest BCUT2D eigenvalue weighted by Crippen LogP contribution is -2.61. The van der Waals surface area contributed by atoms with E-state index in [9.17, 15) is 24.9 Å². The summed E-state index contributed by atoms with van der Waals surface area (Å²) in [5.41, 5.74) is -1.36. The van der Waals surface area contributed by atoms with Crippen LogP contribution < -0.4 is 0 Å². The van der Waals surface area contributed by atoms with Gasteiger partial charge in [0.2, 0.25) is 0 Å². The molecule has 0 aromatic rings. The van der Waals surface area contributed by atoms with Gasteiger partial charge < -0.3 is 15.3 Å². The van der Waals surface area contributed by atoms with Crippen molar-refractivity contribution >= 4 is 23.3 Å². The Hall–Kier alpha value is -0.690. The van der Waals surface area contributed by atoms with Crippen molar-refractivity contribution in [3.8, 4) is 0 Å². The van der Waals surface area contributed by atoms with Gasteiger partial charge in [0, 0.05) is 17.3 Å². The zero-order valence-electron chi connectivity index (χ0n) is 17.7. The van der Waals surface area contributed by atoms with E-state index in [1.165, 1.54) is 0 Å². The fraction of sp³-hybridized carbons (Fsp3) is 0.826. The normalized spacial score (nSPS) is 49.1. The summed E-state index contributed by atoms with van der Waals surface area (Å²) in [6.45, 7) is 6.12. The second-order valence-electron chi connectivity index (χ2n) is 10.2. The maximum Gasteiger partial charge on any atom is 0.159 e. The van der Waals surface area contributed by atoms with Gasteiger partial charge in [-0.25, -0.2) is 0 Å². The highest BCUT2D eigenvalue weighted by atomic mass is 32.2. The van der Waals surface area contributed by atoms with Crippen molar-refractivity contribution in [3.63, 3.8) is 0 Å². The van der Waals surface area contributed by atoms with Gasteiger partial charge in [0.05, 0.1) is 23.6 Å². The van der Waals surface area contributed by atoms with Crippen LogP contribution >= 0.6 is 11.8 Å². The van der Waals surface area contributed by atoms with Crippen LogP contribution in [0.2, 0.25) is 0 Å². The Labute approximate surface area is 177 Å². The van der Waals surface area contributed by atoms with Crippen molar-refractivity contribution in [1.82, 2.24) is 0 Å². The fourth-order valence-electron chi connectivity index (χ4n) is 7.19. The summed E-state index contributed by atoms with van der Waals surface area (Å²) in [7, 11) is 0. The van der Waals surface area contributed by atoms with Gasteiger partial charge in [-0.05, 0) is 67.3 Å². The standard InChI is InChI=1S/C23H34O5S/c1-4-29-12-20(27)14-6-8-23(28)15-9-17(24)16-10-18(25)19(26)11-21(16,2)13(15)5-7-22(14,23)3/h9,13-14,16,18-19,25-26,28H,4-8,10-12H2,1-3H3/t13?,14?,16?,18?,19?,21?,22?,23-/m1/s1. The first kappa shape index (κ1) is 21.5. The molecule has 6 heteroatoms. The zero-order valence-corrected chi connectivity index (χ0v) is 18.5. The number of fused-ring (bicyclic) bond motifs is 5. The van der Waals surface area contributed by atoms with Crippen molar-refractivity contribution in [2.75, 3.05) is 11.5 Å². The third kappa shape index (κ3) is 2.93. The first-order valence-corrected chi connectivity index (χ1v) is 12.2. The van der Waals surface area contributed by atoms with Crippen LogP contribution in [0.1, 0.15) is 59.3 Å². The molecular formula is C23H34O5S. The summed E-state index contributed by atoms with van der Waals surface area (Å²) in [6.07, 6.45) is 3.31. The van der Waals surface area contributed by atoms with Gasteiger partial charge in [-0.15, -0.1) is 0 Å².